The van der Waals surface area contributed by atoms with Gasteiger partial charge < -0.3 is 0 Å². The van der Waals surface area contributed by atoms with Gasteiger partial charge in [0.15, 0.2) is 0 Å². The summed E-state index contributed by atoms with van der Waals surface area (Å²) < 4.78 is 15.2. The summed E-state index contributed by atoms with van der Waals surface area (Å²) in [5.74, 6) is -0.792. The van der Waals surface area contributed by atoms with E-state index in [1.807, 2.05) is 6.92 Å². The molecule has 0 atom stereocenters. The Morgan fingerprint density at radius 3 is 2.89 bits per heavy atom. The molecule has 1 heterocycles. The van der Waals surface area contributed by atoms with Crippen LogP contribution >= 0.6 is 27.5 Å². The predicted molar refractivity (Wildman–Crippen MR) is 70.4 cm³/mol. The Bertz CT molecular complexity index is 612. The number of benzene rings is 1. The van der Waals surface area contributed by atoms with Crippen molar-refractivity contribution < 1.29 is 9.18 Å². The lowest BCUT2D eigenvalue weighted by Gasteiger charge is -2.05. The largest absolute Gasteiger partial charge is 0.287 e. The van der Waals surface area contributed by atoms with Crippen molar-refractivity contribution in [1.29, 1.82) is 0 Å². The van der Waals surface area contributed by atoms with Crippen LogP contribution in [0.4, 0.5) is 4.39 Å². The number of aryl methyl sites for hydroxylation is 1. The Hall–Kier alpha value is -1.20. The SMILES string of the molecule is CCn1ncc(Br)c1C(=O)c1ccc(F)c(Cl)c1. The summed E-state index contributed by atoms with van der Waals surface area (Å²) in [6.07, 6.45) is 1.56. The van der Waals surface area contributed by atoms with E-state index < -0.39 is 5.82 Å². The maximum absolute atomic E-state index is 13.1. The zero-order valence-corrected chi connectivity index (χ0v) is 11.8. The molecule has 0 saturated heterocycles. The van der Waals surface area contributed by atoms with Crippen LogP contribution in [0.2, 0.25) is 5.02 Å². The fraction of sp³-hybridized carbons (Fsp3) is 0.167. The minimum Gasteiger partial charge on any atom is -0.287 e. The number of aromatic nitrogens is 2. The lowest BCUT2D eigenvalue weighted by atomic mass is 10.1. The van der Waals surface area contributed by atoms with E-state index in [0.29, 0.717) is 22.3 Å². The number of carbonyl (C=O) groups is 1. The number of hydrogen-bond donors (Lipinski definition) is 0. The molecule has 0 aliphatic rings. The van der Waals surface area contributed by atoms with E-state index in [1.54, 1.807) is 10.9 Å². The van der Waals surface area contributed by atoms with Crippen molar-refractivity contribution in [3.8, 4) is 0 Å². The number of nitrogens with zero attached hydrogens (tertiary/aromatic N) is 2. The molecule has 0 saturated carbocycles. The minimum atomic E-state index is -0.545. The van der Waals surface area contributed by atoms with E-state index in [0.717, 1.165) is 0 Å². The highest BCUT2D eigenvalue weighted by Crippen LogP contribution is 2.22. The van der Waals surface area contributed by atoms with Gasteiger partial charge in [0.25, 0.3) is 0 Å². The summed E-state index contributed by atoms with van der Waals surface area (Å²) in [4.78, 5) is 12.3. The van der Waals surface area contributed by atoms with Crippen molar-refractivity contribution in [3.05, 3.63) is 51.0 Å². The van der Waals surface area contributed by atoms with Gasteiger partial charge in [-0.05, 0) is 41.1 Å². The summed E-state index contributed by atoms with van der Waals surface area (Å²) in [7, 11) is 0. The molecule has 94 valence electrons. The Labute approximate surface area is 117 Å². The second kappa shape index (κ2) is 5.20. The Balaban J connectivity index is 2.47. The molecule has 2 aromatic rings. The number of rotatable bonds is 3. The molecule has 0 aliphatic heterocycles. The first-order chi connectivity index (χ1) is 8.54. The highest BCUT2D eigenvalue weighted by molar-refractivity contribution is 9.10. The number of hydrogen-bond acceptors (Lipinski definition) is 2. The summed E-state index contributed by atoms with van der Waals surface area (Å²) in [6.45, 7) is 2.45. The lowest BCUT2D eigenvalue weighted by Crippen LogP contribution is -2.11. The van der Waals surface area contributed by atoms with Crippen molar-refractivity contribution in [3.63, 3.8) is 0 Å². The van der Waals surface area contributed by atoms with Gasteiger partial charge in [-0.25, -0.2) is 4.39 Å². The molecule has 0 fully saturated rings. The van der Waals surface area contributed by atoms with Gasteiger partial charge in [0.2, 0.25) is 5.78 Å². The third-order valence-electron chi connectivity index (χ3n) is 2.49. The van der Waals surface area contributed by atoms with Crippen molar-refractivity contribution in [2.45, 2.75) is 13.5 Å². The summed E-state index contributed by atoms with van der Waals surface area (Å²) in [6, 6.07) is 3.90. The molecular formula is C12H9BrClFN2O. The van der Waals surface area contributed by atoms with Crippen LogP contribution in [0.15, 0.2) is 28.9 Å². The van der Waals surface area contributed by atoms with Gasteiger partial charge in [-0.15, -0.1) is 0 Å². The molecule has 0 spiro atoms. The van der Waals surface area contributed by atoms with Gasteiger partial charge in [-0.2, -0.15) is 5.10 Å². The molecule has 3 nitrogen and oxygen atoms in total. The van der Waals surface area contributed by atoms with Crippen LogP contribution in [0.5, 0.6) is 0 Å². The molecule has 0 radical (unpaired) electrons. The molecule has 6 heteroatoms. The lowest BCUT2D eigenvalue weighted by molar-refractivity contribution is 0.102. The summed E-state index contributed by atoms with van der Waals surface area (Å²) in [5, 5.41) is 3.99. The van der Waals surface area contributed by atoms with E-state index >= 15 is 0 Å². The third kappa shape index (κ3) is 2.33. The first-order valence-corrected chi connectivity index (χ1v) is 6.42. The molecule has 0 bridgehead atoms. The fourth-order valence-electron chi connectivity index (χ4n) is 1.60. The number of ketones is 1. The smallest absolute Gasteiger partial charge is 0.212 e. The zero-order valence-electron chi connectivity index (χ0n) is 9.45. The quantitative estimate of drug-likeness (QED) is 0.804. The average molecular weight is 332 g/mol. The molecule has 0 N–H and O–H groups in total. The third-order valence-corrected chi connectivity index (χ3v) is 3.36. The molecule has 1 aromatic heterocycles. The van der Waals surface area contributed by atoms with Crippen LogP contribution in [0.25, 0.3) is 0 Å². The monoisotopic (exact) mass is 330 g/mol. The first kappa shape index (κ1) is 13.2. The van der Waals surface area contributed by atoms with Crippen LogP contribution in [0.1, 0.15) is 23.0 Å². The van der Waals surface area contributed by atoms with Gasteiger partial charge in [0.1, 0.15) is 11.5 Å². The van der Waals surface area contributed by atoms with E-state index in [1.165, 1.54) is 18.2 Å². The maximum Gasteiger partial charge on any atom is 0.212 e. The van der Waals surface area contributed by atoms with Gasteiger partial charge in [0, 0.05) is 12.1 Å². The van der Waals surface area contributed by atoms with Gasteiger partial charge >= 0.3 is 0 Å². The minimum absolute atomic E-state index is 0.0699. The molecular weight excluding hydrogens is 323 g/mol. The van der Waals surface area contributed by atoms with Crippen LogP contribution < -0.4 is 0 Å². The van der Waals surface area contributed by atoms with Crippen LogP contribution in [0, 0.1) is 5.82 Å². The van der Waals surface area contributed by atoms with Crippen molar-refractivity contribution in [1.82, 2.24) is 9.78 Å². The van der Waals surface area contributed by atoms with E-state index in [4.69, 9.17) is 11.6 Å². The Morgan fingerprint density at radius 1 is 1.56 bits per heavy atom. The Kier molecular flexibility index (Phi) is 3.82. The van der Waals surface area contributed by atoms with Crippen molar-refractivity contribution >= 4 is 33.3 Å². The molecule has 2 rings (SSSR count). The van der Waals surface area contributed by atoms with E-state index in [-0.39, 0.29) is 10.8 Å². The highest BCUT2D eigenvalue weighted by Gasteiger charge is 2.19. The predicted octanol–water partition coefficient (Wildman–Crippen LogP) is 3.69. The average Bonchev–Trinajstić information content (AvgIpc) is 2.73. The number of halogens is 3. The normalized spacial score (nSPS) is 10.7. The standard InChI is InChI=1S/C12H9BrClFN2O/c1-2-17-11(8(13)6-16-17)12(18)7-3-4-10(15)9(14)5-7/h3-6H,2H2,1H3. The molecule has 0 unspecified atom stereocenters. The molecule has 0 amide bonds. The van der Waals surface area contributed by atoms with Crippen molar-refractivity contribution in [2.24, 2.45) is 0 Å². The summed E-state index contributed by atoms with van der Waals surface area (Å²) >= 11 is 8.95. The molecule has 1 aromatic carbocycles. The molecule has 18 heavy (non-hydrogen) atoms. The molecule has 0 aliphatic carbocycles. The van der Waals surface area contributed by atoms with E-state index in [2.05, 4.69) is 21.0 Å². The summed E-state index contributed by atoms with van der Waals surface area (Å²) in [5.41, 5.74) is 0.762. The zero-order chi connectivity index (χ0) is 13.3. The second-order valence-corrected chi connectivity index (χ2v) is 4.88. The van der Waals surface area contributed by atoms with Gasteiger partial charge in [-0.3, -0.25) is 9.48 Å². The van der Waals surface area contributed by atoms with Crippen LogP contribution in [-0.2, 0) is 6.54 Å². The topological polar surface area (TPSA) is 34.9 Å². The fourth-order valence-corrected chi connectivity index (χ4v) is 2.26. The van der Waals surface area contributed by atoms with Gasteiger partial charge in [0.05, 0.1) is 15.7 Å². The number of carbonyl (C=O) groups excluding carboxylic acids is 1. The Morgan fingerprint density at radius 2 is 2.28 bits per heavy atom. The van der Waals surface area contributed by atoms with Gasteiger partial charge in [-0.1, -0.05) is 11.6 Å². The maximum atomic E-state index is 13.1. The highest BCUT2D eigenvalue weighted by atomic mass is 79.9. The first-order valence-electron chi connectivity index (χ1n) is 5.25. The van der Waals surface area contributed by atoms with Crippen LogP contribution in [0.3, 0.4) is 0 Å². The van der Waals surface area contributed by atoms with Crippen LogP contribution in [-0.4, -0.2) is 15.6 Å². The van der Waals surface area contributed by atoms with Crippen molar-refractivity contribution in [2.75, 3.05) is 0 Å². The van der Waals surface area contributed by atoms with E-state index in [9.17, 15) is 9.18 Å². The second-order valence-electron chi connectivity index (χ2n) is 3.61.